The van der Waals surface area contributed by atoms with Crippen molar-refractivity contribution >= 4 is 48.0 Å². The van der Waals surface area contributed by atoms with Crippen molar-refractivity contribution in [1.29, 1.82) is 0 Å². The van der Waals surface area contributed by atoms with E-state index < -0.39 is 0 Å². The quantitative estimate of drug-likeness (QED) is 0.745. The standard InChI is InChI=1S/C18H20ClN3O2.2ClH/c1-12(14-9-21-10-14)18(23)22-15-4-5-17(16(19)7-15)24-11-13-3-2-6-20-8-13;;/h2-8,12,14,21H,9-11H2,1H3,(H,22,23);2*1H. The first-order valence-corrected chi connectivity index (χ1v) is 8.34. The lowest BCUT2D eigenvalue weighted by molar-refractivity contribution is -0.121. The summed E-state index contributed by atoms with van der Waals surface area (Å²) in [5, 5.41) is 6.57. The van der Waals surface area contributed by atoms with Crippen molar-refractivity contribution in [1.82, 2.24) is 10.3 Å². The number of ether oxygens (including phenoxy) is 1. The molecule has 1 aromatic carbocycles. The first kappa shape index (κ1) is 22.5. The molecule has 1 aromatic heterocycles. The molecule has 1 amide bonds. The number of aromatic nitrogens is 1. The van der Waals surface area contributed by atoms with Crippen LogP contribution in [0.4, 0.5) is 5.69 Å². The molecule has 3 rings (SSSR count). The molecular weight excluding hydrogens is 397 g/mol. The minimum atomic E-state index is -0.0217. The molecule has 1 aliphatic rings. The zero-order valence-electron chi connectivity index (χ0n) is 14.3. The lowest BCUT2D eigenvalue weighted by Gasteiger charge is -2.31. The van der Waals surface area contributed by atoms with Gasteiger partial charge in [0.1, 0.15) is 12.4 Å². The van der Waals surface area contributed by atoms with Gasteiger partial charge in [0.05, 0.1) is 5.02 Å². The maximum Gasteiger partial charge on any atom is 0.227 e. The van der Waals surface area contributed by atoms with E-state index >= 15 is 0 Å². The molecule has 2 aromatic rings. The molecule has 142 valence electrons. The Labute approximate surface area is 170 Å². The number of halogens is 3. The van der Waals surface area contributed by atoms with E-state index in [0.717, 1.165) is 18.7 Å². The Kier molecular flexibility index (Phi) is 9.16. The fourth-order valence-electron chi connectivity index (χ4n) is 2.47. The van der Waals surface area contributed by atoms with E-state index in [1.165, 1.54) is 0 Å². The molecule has 0 spiro atoms. The van der Waals surface area contributed by atoms with Crippen molar-refractivity contribution in [3.05, 3.63) is 53.3 Å². The predicted molar refractivity (Wildman–Crippen MR) is 109 cm³/mol. The molecule has 2 heterocycles. The van der Waals surface area contributed by atoms with Crippen LogP contribution in [0.3, 0.4) is 0 Å². The first-order chi connectivity index (χ1) is 11.6. The van der Waals surface area contributed by atoms with Gasteiger partial charge in [-0.2, -0.15) is 0 Å². The predicted octanol–water partition coefficient (Wildman–Crippen LogP) is 3.95. The third-order valence-corrected chi connectivity index (χ3v) is 4.55. The molecule has 2 N–H and O–H groups in total. The number of anilines is 1. The molecule has 0 saturated carbocycles. The summed E-state index contributed by atoms with van der Waals surface area (Å²) in [6.07, 6.45) is 3.47. The summed E-state index contributed by atoms with van der Waals surface area (Å²) in [7, 11) is 0. The van der Waals surface area contributed by atoms with Crippen LogP contribution in [0.25, 0.3) is 0 Å². The zero-order chi connectivity index (χ0) is 16.9. The van der Waals surface area contributed by atoms with Crippen molar-refractivity contribution in [2.75, 3.05) is 18.4 Å². The second-order valence-corrected chi connectivity index (χ2v) is 6.40. The van der Waals surface area contributed by atoms with Crippen LogP contribution < -0.4 is 15.4 Å². The maximum absolute atomic E-state index is 12.2. The van der Waals surface area contributed by atoms with Gasteiger partial charge in [0.15, 0.2) is 0 Å². The highest BCUT2D eigenvalue weighted by Gasteiger charge is 2.28. The number of benzene rings is 1. The molecule has 1 saturated heterocycles. The highest BCUT2D eigenvalue weighted by Crippen LogP contribution is 2.29. The highest BCUT2D eigenvalue weighted by atomic mass is 35.5. The molecule has 1 unspecified atom stereocenters. The summed E-state index contributed by atoms with van der Waals surface area (Å²) in [6, 6.07) is 9.08. The number of hydrogen-bond acceptors (Lipinski definition) is 4. The Morgan fingerprint density at radius 3 is 2.73 bits per heavy atom. The number of rotatable bonds is 6. The topological polar surface area (TPSA) is 63.2 Å². The second-order valence-electron chi connectivity index (χ2n) is 5.99. The number of carbonyl (C=O) groups is 1. The van der Waals surface area contributed by atoms with Gasteiger partial charge in [-0.25, -0.2) is 0 Å². The first-order valence-electron chi connectivity index (χ1n) is 7.96. The second kappa shape index (κ2) is 10.6. The normalized spacial score (nSPS) is 14.2. The summed E-state index contributed by atoms with van der Waals surface area (Å²) < 4.78 is 5.70. The van der Waals surface area contributed by atoms with Gasteiger partial charge in [-0.15, -0.1) is 24.8 Å². The molecule has 5 nitrogen and oxygen atoms in total. The summed E-state index contributed by atoms with van der Waals surface area (Å²) in [5.74, 6) is 0.977. The number of hydrogen-bond donors (Lipinski definition) is 2. The zero-order valence-corrected chi connectivity index (χ0v) is 16.7. The maximum atomic E-state index is 12.2. The fourth-order valence-corrected chi connectivity index (χ4v) is 2.71. The minimum absolute atomic E-state index is 0. The Hall–Kier alpha value is -1.53. The van der Waals surface area contributed by atoms with Gasteiger partial charge in [-0.05, 0) is 43.3 Å². The van der Waals surface area contributed by atoms with Gasteiger partial charge in [-0.1, -0.05) is 24.6 Å². The Balaban J connectivity index is 0.00000169. The van der Waals surface area contributed by atoms with Crippen LogP contribution in [0.1, 0.15) is 12.5 Å². The van der Waals surface area contributed by atoms with E-state index in [-0.39, 0.29) is 36.6 Å². The average molecular weight is 419 g/mol. The average Bonchev–Trinajstić information content (AvgIpc) is 2.53. The van der Waals surface area contributed by atoms with E-state index in [1.807, 2.05) is 19.1 Å². The van der Waals surface area contributed by atoms with E-state index in [9.17, 15) is 4.79 Å². The summed E-state index contributed by atoms with van der Waals surface area (Å²) in [4.78, 5) is 16.3. The minimum Gasteiger partial charge on any atom is -0.487 e. The van der Waals surface area contributed by atoms with Crippen LogP contribution in [-0.2, 0) is 11.4 Å². The number of nitrogens with one attached hydrogen (secondary N) is 2. The largest absolute Gasteiger partial charge is 0.487 e. The third-order valence-electron chi connectivity index (χ3n) is 4.25. The number of pyridine rings is 1. The molecule has 1 atom stereocenters. The van der Waals surface area contributed by atoms with Gasteiger partial charge < -0.3 is 15.4 Å². The highest BCUT2D eigenvalue weighted by molar-refractivity contribution is 6.32. The van der Waals surface area contributed by atoms with Crippen LogP contribution in [0, 0.1) is 11.8 Å². The molecular formula is C18H22Cl3N3O2. The monoisotopic (exact) mass is 417 g/mol. The van der Waals surface area contributed by atoms with Crippen LogP contribution >= 0.6 is 36.4 Å². The van der Waals surface area contributed by atoms with E-state index in [4.69, 9.17) is 16.3 Å². The van der Waals surface area contributed by atoms with Gasteiger partial charge in [0, 0.05) is 29.6 Å². The van der Waals surface area contributed by atoms with Crippen molar-refractivity contribution < 1.29 is 9.53 Å². The lowest BCUT2D eigenvalue weighted by atomic mass is 9.88. The molecule has 0 aliphatic carbocycles. The number of nitrogens with zero attached hydrogens (tertiary/aromatic N) is 1. The molecule has 1 fully saturated rings. The molecule has 0 bridgehead atoms. The molecule has 0 radical (unpaired) electrons. The SMILES string of the molecule is CC(C(=O)Nc1ccc(OCc2cccnc2)c(Cl)c1)C1CNC1.Cl.Cl. The van der Waals surface area contributed by atoms with E-state index in [1.54, 1.807) is 30.6 Å². The third kappa shape index (κ3) is 5.74. The van der Waals surface area contributed by atoms with Crippen molar-refractivity contribution in [2.45, 2.75) is 13.5 Å². The molecule has 1 aliphatic heterocycles. The summed E-state index contributed by atoms with van der Waals surface area (Å²) in [5.41, 5.74) is 1.65. The summed E-state index contributed by atoms with van der Waals surface area (Å²) in [6.45, 7) is 4.14. The van der Waals surface area contributed by atoms with Crippen molar-refractivity contribution in [3.63, 3.8) is 0 Å². The Morgan fingerprint density at radius 2 is 2.15 bits per heavy atom. The van der Waals surface area contributed by atoms with Gasteiger partial charge in [-0.3, -0.25) is 9.78 Å². The Morgan fingerprint density at radius 1 is 1.38 bits per heavy atom. The smallest absolute Gasteiger partial charge is 0.227 e. The van der Waals surface area contributed by atoms with Crippen molar-refractivity contribution in [2.24, 2.45) is 11.8 Å². The molecule has 8 heteroatoms. The number of amides is 1. The molecule has 26 heavy (non-hydrogen) atoms. The fraction of sp³-hybridized carbons (Fsp3) is 0.333. The van der Waals surface area contributed by atoms with Gasteiger partial charge in [0.2, 0.25) is 5.91 Å². The number of carbonyl (C=O) groups excluding carboxylic acids is 1. The summed E-state index contributed by atoms with van der Waals surface area (Å²) >= 11 is 6.26. The van der Waals surface area contributed by atoms with Crippen LogP contribution in [0.5, 0.6) is 5.75 Å². The van der Waals surface area contributed by atoms with Crippen LogP contribution in [-0.4, -0.2) is 24.0 Å². The lowest BCUT2D eigenvalue weighted by Crippen LogP contribution is -2.48. The van der Waals surface area contributed by atoms with E-state index in [2.05, 4.69) is 15.6 Å². The Bertz CT molecular complexity index is 712. The van der Waals surface area contributed by atoms with Gasteiger partial charge in [0.25, 0.3) is 0 Å². The van der Waals surface area contributed by atoms with Crippen LogP contribution in [0.15, 0.2) is 42.7 Å². The van der Waals surface area contributed by atoms with Gasteiger partial charge >= 0.3 is 0 Å². The van der Waals surface area contributed by atoms with Crippen molar-refractivity contribution in [3.8, 4) is 5.75 Å². The van der Waals surface area contributed by atoms with Crippen LogP contribution in [0.2, 0.25) is 5.02 Å². The van der Waals surface area contributed by atoms with E-state index in [0.29, 0.717) is 29.0 Å².